The molecule has 0 radical (unpaired) electrons. The number of aromatic carboxylic acids is 1. The summed E-state index contributed by atoms with van der Waals surface area (Å²) in [4.78, 5) is 15.0. The normalized spacial score (nSPS) is 11.6. The van der Waals surface area contributed by atoms with Gasteiger partial charge in [0.05, 0.1) is 10.4 Å². The molecule has 0 bridgehead atoms. The van der Waals surface area contributed by atoms with Crippen LogP contribution in [0.4, 0.5) is 13.2 Å². The lowest BCUT2D eigenvalue weighted by Crippen LogP contribution is -2.07. The molecule has 0 saturated carbocycles. The van der Waals surface area contributed by atoms with Crippen molar-refractivity contribution in [3.05, 3.63) is 40.4 Å². The molecule has 2 rings (SSSR count). The van der Waals surface area contributed by atoms with Gasteiger partial charge in [0.15, 0.2) is 5.69 Å². The summed E-state index contributed by atoms with van der Waals surface area (Å²) in [6.45, 7) is -0.0898. The molecule has 20 heavy (non-hydrogen) atoms. The third-order valence-electron chi connectivity index (χ3n) is 2.55. The number of carbonyl (C=O) groups is 1. The Bertz CT molecular complexity index is 652. The highest BCUT2D eigenvalue weighted by Gasteiger charge is 2.34. The Morgan fingerprint density at radius 2 is 2.00 bits per heavy atom. The van der Waals surface area contributed by atoms with Gasteiger partial charge in [-0.3, -0.25) is 0 Å². The number of carboxylic acid groups (broad SMARTS) is 1. The third kappa shape index (κ3) is 2.66. The van der Waals surface area contributed by atoms with Gasteiger partial charge in [0, 0.05) is 12.1 Å². The van der Waals surface area contributed by atoms with Crippen LogP contribution in [-0.2, 0) is 12.7 Å². The second-order valence-corrected chi connectivity index (χ2v) is 4.93. The number of nitrogens with two attached hydrogens (primary N) is 1. The summed E-state index contributed by atoms with van der Waals surface area (Å²) in [6, 6.07) is 4.89. The lowest BCUT2D eigenvalue weighted by Gasteiger charge is -2.10. The molecule has 0 atom stereocenters. The van der Waals surface area contributed by atoms with Crippen LogP contribution in [0.25, 0.3) is 10.6 Å². The lowest BCUT2D eigenvalue weighted by molar-refractivity contribution is -0.137. The fourth-order valence-electron chi connectivity index (χ4n) is 1.69. The SMILES string of the molecule is NCc1sc(-c2ccccc2C(F)(F)F)nc1C(=O)O. The van der Waals surface area contributed by atoms with Gasteiger partial charge in [0.1, 0.15) is 5.01 Å². The van der Waals surface area contributed by atoms with Crippen LogP contribution in [0.1, 0.15) is 20.9 Å². The summed E-state index contributed by atoms with van der Waals surface area (Å²) in [6.07, 6.45) is -4.53. The van der Waals surface area contributed by atoms with Crippen molar-refractivity contribution in [2.45, 2.75) is 12.7 Å². The van der Waals surface area contributed by atoms with E-state index in [0.29, 0.717) is 0 Å². The second kappa shape index (κ2) is 5.22. The van der Waals surface area contributed by atoms with Gasteiger partial charge >= 0.3 is 12.1 Å². The average Bonchev–Trinajstić information content (AvgIpc) is 2.82. The molecule has 0 aliphatic heterocycles. The van der Waals surface area contributed by atoms with Crippen LogP contribution < -0.4 is 5.73 Å². The van der Waals surface area contributed by atoms with Gasteiger partial charge in [-0.25, -0.2) is 9.78 Å². The van der Waals surface area contributed by atoms with Crippen LogP contribution in [0, 0.1) is 0 Å². The number of hydrogen-bond acceptors (Lipinski definition) is 4. The van der Waals surface area contributed by atoms with E-state index < -0.39 is 17.7 Å². The number of halogens is 3. The van der Waals surface area contributed by atoms with E-state index in [2.05, 4.69) is 4.98 Å². The molecule has 1 aromatic carbocycles. The van der Waals surface area contributed by atoms with E-state index in [1.807, 2.05) is 0 Å². The van der Waals surface area contributed by atoms with Crippen LogP contribution in [-0.4, -0.2) is 16.1 Å². The predicted molar refractivity (Wildman–Crippen MR) is 67.4 cm³/mol. The van der Waals surface area contributed by atoms with E-state index in [9.17, 15) is 18.0 Å². The van der Waals surface area contributed by atoms with Crippen molar-refractivity contribution in [3.63, 3.8) is 0 Å². The summed E-state index contributed by atoms with van der Waals surface area (Å²) in [7, 11) is 0. The zero-order chi connectivity index (χ0) is 14.9. The van der Waals surface area contributed by atoms with Crippen LogP contribution in [0.15, 0.2) is 24.3 Å². The van der Waals surface area contributed by atoms with E-state index in [4.69, 9.17) is 10.8 Å². The first-order valence-corrected chi connectivity index (χ1v) is 6.26. The Balaban J connectivity index is 2.61. The van der Waals surface area contributed by atoms with E-state index in [-0.39, 0.29) is 27.7 Å². The Morgan fingerprint density at radius 3 is 2.50 bits per heavy atom. The second-order valence-electron chi connectivity index (χ2n) is 3.84. The van der Waals surface area contributed by atoms with Gasteiger partial charge in [-0.1, -0.05) is 18.2 Å². The van der Waals surface area contributed by atoms with Gasteiger partial charge in [0.2, 0.25) is 0 Å². The molecular weight excluding hydrogens is 293 g/mol. The van der Waals surface area contributed by atoms with Crippen molar-refractivity contribution in [2.75, 3.05) is 0 Å². The number of aromatic nitrogens is 1. The maximum Gasteiger partial charge on any atom is 0.417 e. The van der Waals surface area contributed by atoms with Crippen molar-refractivity contribution < 1.29 is 23.1 Å². The van der Waals surface area contributed by atoms with Gasteiger partial charge in [0.25, 0.3) is 0 Å². The number of thiazole rings is 1. The Kier molecular flexibility index (Phi) is 3.78. The molecule has 0 aliphatic rings. The minimum atomic E-state index is -4.53. The quantitative estimate of drug-likeness (QED) is 0.914. The number of carboxylic acids is 1. The molecule has 0 aliphatic carbocycles. The zero-order valence-corrected chi connectivity index (χ0v) is 10.8. The van der Waals surface area contributed by atoms with E-state index in [1.54, 1.807) is 0 Å². The third-order valence-corrected chi connectivity index (χ3v) is 3.66. The monoisotopic (exact) mass is 302 g/mol. The molecule has 2 aromatic rings. The van der Waals surface area contributed by atoms with Crippen molar-refractivity contribution in [1.29, 1.82) is 0 Å². The molecule has 0 unspecified atom stereocenters. The topological polar surface area (TPSA) is 76.2 Å². The standard InChI is InChI=1S/C12H9F3N2O2S/c13-12(14,15)7-4-2-1-3-6(7)10-17-9(11(18)19)8(5-16)20-10/h1-4H,5,16H2,(H,18,19). The van der Waals surface area contributed by atoms with E-state index in [1.165, 1.54) is 18.2 Å². The summed E-state index contributed by atoms with van der Waals surface area (Å²) < 4.78 is 38.8. The van der Waals surface area contributed by atoms with Crippen molar-refractivity contribution in [3.8, 4) is 10.6 Å². The maximum atomic E-state index is 12.9. The highest BCUT2D eigenvalue weighted by molar-refractivity contribution is 7.15. The minimum absolute atomic E-state index is 0.00391. The van der Waals surface area contributed by atoms with E-state index >= 15 is 0 Å². The lowest BCUT2D eigenvalue weighted by atomic mass is 10.1. The largest absolute Gasteiger partial charge is 0.476 e. The van der Waals surface area contributed by atoms with Gasteiger partial charge < -0.3 is 10.8 Å². The first-order chi connectivity index (χ1) is 9.34. The van der Waals surface area contributed by atoms with Gasteiger partial charge in [-0.05, 0) is 6.07 Å². The number of alkyl halides is 3. The first kappa shape index (κ1) is 14.5. The maximum absolute atomic E-state index is 12.9. The van der Waals surface area contributed by atoms with Gasteiger partial charge in [-0.15, -0.1) is 11.3 Å². The van der Waals surface area contributed by atoms with Gasteiger partial charge in [-0.2, -0.15) is 13.2 Å². The Morgan fingerprint density at radius 1 is 1.35 bits per heavy atom. The molecule has 106 valence electrons. The molecule has 8 heteroatoms. The fraction of sp³-hybridized carbons (Fsp3) is 0.167. The first-order valence-electron chi connectivity index (χ1n) is 5.44. The van der Waals surface area contributed by atoms with Crippen LogP contribution in [0.2, 0.25) is 0 Å². The molecule has 3 N–H and O–H groups in total. The molecule has 0 saturated heterocycles. The van der Waals surface area contributed by atoms with Crippen molar-refractivity contribution >= 4 is 17.3 Å². The summed E-state index contributed by atoms with van der Waals surface area (Å²) in [5.41, 5.74) is 4.09. The minimum Gasteiger partial charge on any atom is -0.476 e. The summed E-state index contributed by atoms with van der Waals surface area (Å²) >= 11 is 0.854. The van der Waals surface area contributed by atoms with Crippen LogP contribution in [0.5, 0.6) is 0 Å². The highest BCUT2D eigenvalue weighted by Crippen LogP contribution is 2.38. The molecule has 4 nitrogen and oxygen atoms in total. The highest BCUT2D eigenvalue weighted by atomic mass is 32.1. The number of rotatable bonds is 3. The molecular formula is C12H9F3N2O2S. The van der Waals surface area contributed by atoms with Crippen molar-refractivity contribution in [1.82, 2.24) is 4.98 Å². The number of benzene rings is 1. The molecule has 1 aromatic heterocycles. The summed E-state index contributed by atoms with van der Waals surface area (Å²) in [5.74, 6) is -1.31. The average molecular weight is 302 g/mol. The number of nitrogens with zero attached hydrogens (tertiary/aromatic N) is 1. The molecule has 0 spiro atoms. The van der Waals surface area contributed by atoms with Crippen molar-refractivity contribution in [2.24, 2.45) is 5.73 Å². The van der Waals surface area contributed by atoms with Crippen LogP contribution >= 0.6 is 11.3 Å². The fourth-order valence-corrected chi connectivity index (χ4v) is 2.66. The Labute approximate surface area is 115 Å². The Hall–Kier alpha value is -1.93. The zero-order valence-electron chi connectivity index (χ0n) is 9.94. The predicted octanol–water partition coefficient (Wildman–Crippen LogP) is 2.99. The smallest absolute Gasteiger partial charge is 0.417 e. The summed E-state index contributed by atoms with van der Waals surface area (Å²) in [5, 5.41) is 8.95. The molecule has 0 fully saturated rings. The molecule has 1 heterocycles. The number of hydrogen-bond donors (Lipinski definition) is 2. The van der Waals surface area contributed by atoms with Crippen LogP contribution in [0.3, 0.4) is 0 Å². The van der Waals surface area contributed by atoms with E-state index in [0.717, 1.165) is 17.4 Å². The molecule has 0 amide bonds.